The summed E-state index contributed by atoms with van der Waals surface area (Å²) in [6.45, 7) is 1.19. The summed E-state index contributed by atoms with van der Waals surface area (Å²) in [7, 11) is 1.51. The third-order valence-electron chi connectivity index (χ3n) is 4.62. The summed E-state index contributed by atoms with van der Waals surface area (Å²) < 4.78 is 11.0. The van der Waals surface area contributed by atoms with Crippen LogP contribution >= 0.6 is 0 Å². The summed E-state index contributed by atoms with van der Waals surface area (Å²) in [6, 6.07) is 11.7. The van der Waals surface area contributed by atoms with E-state index in [4.69, 9.17) is 9.47 Å². The van der Waals surface area contributed by atoms with Gasteiger partial charge in [-0.3, -0.25) is 9.78 Å². The predicted octanol–water partition coefficient (Wildman–Crippen LogP) is 2.72. The van der Waals surface area contributed by atoms with Crippen LogP contribution in [-0.4, -0.2) is 52.1 Å². The molecule has 1 unspecified atom stereocenters. The molecule has 0 bridgehead atoms. The molecule has 1 amide bonds. The molecule has 3 heterocycles. The lowest BCUT2D eigenvalue weighted by atomic mass is 10.1. The Morgan fingerprint density at radius 2 is 2.00 bits per heavy atom. The quantitative estimate of drug-likeness (QED) is 0.708. The maximum atomic E-state index is 13.1. The fourth-order valence-electron chi connectivity index (χ4n) is 3.32. The van der Waals surface area contributed by atoms with Crippen LogP contribution in [0, 0.1) is 0 Å². The summed E-state index contributed by atoms with van der Waals surface area (Å²) in [5.41, 5.74) is 0.484. The minimum absolute atomic E-state index is 0.0691. The Bertz CT molecular complexity index is 957. The first-order valence-electron chi connectivity index (χ1n) is 8.91. The van der Waals surface area contributed by atoms with Crippen LogP contribution in [0.2, 0.25) is 0 Å². The monoisotopic (exact) mass is 364 g/mol. The van der Waals surface area contributed by atoms with Gasteiger partial charge >= 0.3 is 6.01 Å². The lowest BCUT2D eigenvalue weighted by molar-refractivity contribution is 0.0522. The first kappa shape index (κ1) is 17.2. The molecule has 2 aromatic heterocycles. The van der Waals surface area contributed by atoms with Gasteiger partial charge in [-0.05, 0) is 24.3 Å². The highest BCUT2D eigenvalue weighted by atomic mass is 16.5. The molecular weight excluding hydrogens is 344 g/mol. The largest absolute Gasteiger partial charge is 0.472 e. The third-order valence-corrected chi connectivity index (χ3v) is 4.62. The summed E-state index contributed by atoms with van der Waals surface area (Å²) in [4.78, 5) is 27.4. The van der Waals surface area contributed by atoms with Crippen LogP contribution in [0.4, 0.5) is 0 Å². The molecule has 1 atom stereocenters. The van der Waals surface area contributed by atoms with Crippen LogP contribution in [0.5, 0.6) is 11.9 Å². The van der Waals surface area contributed by atoms with Gasteiger partial charge in [0.2, 0.25) is 5.88 Å². The van der Waals surface area contributed by atoms with Gasteiger partial charge in [0, 0.05) is 30.4 Å². The normalized spacial score (nSPS) is 16.9. The molecule has 1 aromatic carbocycles. The number of hydrogen-bond donors (Lipinski definition) is 0. The van der Waals surface area contributed by atoms with Crippen molar-refractivity contribution in [1.29, 1.82) is 0 Å². The van der Waals surface area contributed by atoms with E-state index < -0.39 is 0 Å². The molecule has 138 valence electrons. The lowest BCUT2D eigenvalue weighted by Crippen LogP contribution is -2.44. The van der Waals surface area contributed by atoms with Gasteiger partial charge in [0.05, 0.1) is 13.7 Å². The van der Waals surface area contributed by atoms with Crippen LogP contribution < -0.4 is 9.47 Å². The fraction of sp³-hybridized carbons (Fsp3) is 0.300. The van der Waals surface area contributed by atoms with E-state index in [1.165, 1.54) is 7.11 Å². The molecule has 0 aliphatic carbocycles. The molecule has 3 aromatic rings. The second-order valence-electron chi connectivity index (χ2n) is 6.40. The number of piperidine rings is 1. The lowest BCUT2D eigenvalue weighted by Gasteiger charge is -2.32. The number of pyridine rings is 1. The number of fused-ring (bicyclic) bond motifs is 1. The van der Waals surface area contributed by atoms with Crippen LogP contribution in [0.25, 0.3) is 10.8 Å². The molecular formula is C20H20N4O3. The number of rotatable bonds is 4. The van der Waals surface area contributed by atoms with Crippen molar-refractivity contribution in [3.05, 3.63) is 54.5 Å². The minimum Gasteiger partial charge on any atom is -0.472 e. The van der Waals surface area contributed by atoms with E-state index in [-0.39, 0.29) is 18.0 Å². The Hall–Kier alpha value is -3.22. The van der Waals surface area contributed by atoms with Crippen molar-refractivity contribution < 1.29 is 14.3 Å². The van der Waals surface area contributed by atoms with E-state index in [0.717, 1.165) is 23.6 Å². The fourth-order valence-corrected chi connectivity index (χ4v) is 3.32. The van der Waals surface area contributed by atoms with Gasteiger partial charge in [0.1, 0.15) is 11.8 Å². The van der Waals surface area contributed by atoms with E-state index in [1.807, 2.05) is 30.3 Å². The second kappa shape index (κ2) is 7.57. The number of ether oxygens (including phenoxy) is 2. The Morgan fingerprint density at radius 1 is 1.15 bits per heavy atom. The van der Waals surface area contributed by atoms with Crippen molar-refractivity contribution in [2.24, 2.45) is 0 Å². The van der Waals surface area contributed by atoms with Crippen molar-refractivity contribution >= 4 is 16.7 Å². The molecule has 27 heavy (non-hydrogen) atoms. The van der Waals surface area contributed by atoms with Crippen LogP contribution in [-0.2, 0) is 0 Å². The maximum Gasteiger partial charge on any atom is 0.319 e. The predicted molar refractivity (Wildman–Crippen MR) is 99.9 cm³/mol. The smallest absolute Gasteiger partial charge is 0.319 e. The number of hydrogen-bond acceptors (Lipinski definition) is 6. The minimum atomic E-state index is -0.128. The number of amides is 1. The number of nitrogens with zero attached hydrogens (tertiary/aromatic N) is 4. The highest BCUT2D eigenvalue weighted by Gasteiger charge is 2.27. The Kier molecular flexibility index (Phi) is 4.82. The first-order valence-corrected chi connectivity index (χ1v) is 8.91. The molecule has 7 heteroatoms. The molecule has 4 rings (SSSR count). The summed E-state index contributed by atoms with van der Waals surface area (Å²) >= 11 is 0. The number of methoxy groups -OCH3 is 1. The van der Waals surface area contributed by atoms with Gasteiger partial charge in [-0.2, -0.15) is 4.98 Å². The van der Waals surface area contributed by atoms with Crippen molar-refractivity contribution in [1.82, 2.24) is 19.9 Å². The maximum absolute atomic E-state index is 13.1. The second-order valence-corrected chi connectivity index (χ2v) is 6.40. The molecule has 1 aliphatic heterocycles. The topological polar surface area (TPSA) is 77.4 Å². The van der Waals surface area contributed by atoms with Gasteiger partial charge < -0.3 is 14.4 Å². The van der Waals surface area contributed by atoms with Gasteiger partial charge in [-0.15, -0.1) is 0 Å². The molecule has 0 saturated carbocycles. The van der Waals surface area contributed by atoms with Crippen LogP contribution in [0.15, 0.2) is 48.8 Å². The number of aromatic nitrogens is 3. The Morgan fingerprint density at radius 3 is 2.89 bits per heavy atom. The molecule has 0 spiro atoms. The van der Waals surface area contributed by atoms with Crippen molar-refractivity contribution in [3.63, 3.8) is 0 Å². The highest BCUT2D eigenvalue weighted by Crippen LogP contribution is 2.22. The van der Waals surface area contributed by atoms with Crippen LogP contribution in [0.1, 0.15) is 23.3 Å². The van der Waals surface area contributed by atoms with Crippen molar-refractivity contribution in [2.45, 2.75) is 18.9 Å². The van der Waals surface area contributed by atoms with Gasteiger partial charge in [0.25, 0.3) is 5.91 Å². The van der Waals surface area contributed by atoms with Gasteiger partial charge in [-0.25, -0.2) is 4.98 Å². The summed E-state index contributed by atoms with van der Waals surface area (Å²) in [5, 5.41) is 1.88. The van der Waals surface area contributed by atoms with Gasteiger partial charge in [-0.1, -0.05) is 24.3 Å². The summed E-state index contributed by atoms with van der Waals surface area (Å²) in [5.74, 6) is 0.379. The Balaban J connectivity index is 1.51. The van der Waals surface area contributed by atoms with Crippen LogP contribution in [0.3, 0.4) is 0 Å². The number of likely N-dealkylation sites (tertiary alicyclic amines) is 1. The first-order chi connectivity index (χ1) is 13.2. The average Bonchev–Trinajstić information content (AvgIpc) is 2.73. The number of benzene rings is 1. The van der Waals surface area contributed by atoms with E-state index in [2.05, 4.69) is 15.0 Å². The zero-order valence-corrected chi connectivity index (χ0v) is 15.0. The third kappa shape index (κ3) is 3.67. The molecule has 0 radical (unpaired) electrons. The van der Waals surface area contributed by atoms with E-state index in [9.17, 15) is 4.79 Å². The van der Waals surface area contributed by atoms with Gasteiger partial charge in [0.15, 0.2) is 0 Å². The van der Waals surface area contributed by atoms with Crippen molar-refractivity contribution in [3.8, 4) is 11.9 Å². The Labute approximate surface area is 157 Å². The molecule has 1 aliphatic rings. The molecule has 0 N–H and O–H groups in total. The average molecular weight is 364 g/mol. The van der Waals surface area contributed by atoms with Crippen molar-refractivity contribution in [2.75, 3.05) is 20.2 Å². The van der Waals surface area contributed by atoms with E-state index in [0.29, 0.717) is 24.7 Å². The number of carbonyl (C=O) groups is 1. The highest BCUT2D eigenvalue weighted by molar-refractivity contribution is 6.05. The molecule has 1 fully saturated rings. The SMILES string of the molecule is COc1nccc(OC2CCCN(C(=O)c3nccc4ccccc34)C2)n1. The standard InChI is InChI=1S/C20H20N4O3/c1-26-20-22-11-9-17(23-20)27-15-6-4-12-24(13-15)19(25)18-16-7-3-2-5-14(16)8-10-21-18/h2-3,5,7-11,15H,4,6,12-13H2,1H3. The summed E-state index contributed by atoms with van der Waals surface area (Å²) in [6.07, 6.45) is 4.87. The molecule has 1 saturated heterocycles. The molecule has 7 nitrogen and oxygen atoms in total. The zero-order chi connectivity index (χ0) is 18.6. The van der Waals surface area contributed by atoms with E-state index >= 15 is 0 Å². The van der Waals surface area contributed by atoms with E-state index in [1.54, 1.807) is 23.4 Å². The number of carbonyl (C=O) groups excluding carboxylic acids is 1. The zero-order valence-electron chi connectivity index (χ0n) is 15.0.